The molecular formula is C24H25N5O. The van der Waals surface area contributed by atoms with Crippen molar-refractivity contribution in [2.75, 3.05) is 50.0 Å². The molecule has 1 fully saturated rings. The van der Waals surface area contributed by atoms with Gasteiger partial charge in [0.1, 0.15) is 5.82 Å². The van der Waals surface area contributed by atoms with Gasteiger partial charge in [-0.1, -0.05) is 42.5 Å². The highest BCUT2D eigenvalue weighted by Crippen LogP contribution is 2.34. The second kappa shape index (κ2) is 8.65. The second-order valence-corrected chi connectivity index (χ2v) is 7.43. The number of hydrogen-bond acceptors (Lipinski definition) is 6. The van der Waals surface area contributed by atoms with Crippen LogP contribution in [-0.4, -0.2) is 54.3 Å². The Kier molecular flexibility index (Phi) is 5.42. The molecule has 4 aromatic rings. The van der Waals surface area contributed by atoms with E-state index in [-0.39, 0.29) is 0 Å². The van der Waals surface area contributed by atoms with Crippen LogP contribution in [0.2, 0.25) is 0 Å². The number of anilines is 3. The Hall–Kier alpha value is -3.22. The van der Waals surface area contributed by atoms with Gasteiger partial charge in [-0.15, -0.1) is 0 Å². The first-order valence-electron chi connectivity index (χ1n) is 10.4. The molecule has 0 aliphatic carbocycles. The summed E-state index contributed by atoms with van der Waals surface area (Å²) < 4.78 is 5.44. The monoisotopic (exact) mass is 399 g/mol. The fourth-order valence-corrected chi connectivity index (χ4v) is 3.95. The lowest BCUT2D eigenvalue weighted by molar-refractivity contribution is 0.0398. The highest BCUT2D eigenvalue weighted by Gasteiger charge is 2.14. The average Bonchev–Trinajstić information content (AvgIpc) is 2.80. The Morgan fingerprint density at radius 2 is 1.67 bits per heavy atom. The van der Waals surface area contributed by atoms with Crippen molar-refractivity contribution in [3.05, 3.63) is 66.9 Å². The van der Waals surface area contributed by atoms with Crippen LogP contribution in [0, 0.1) is 0 Å². The third kappa shape index (κ3) is 3.92. The van der Waals surface area contributed by atoms with E-state index in [2.05, 4.69) is 56.9 Å². The summed E-state index contributed by atoms with van der Waals surface area (Å²) in [5.74, 6) is 0.885. The lowest BCUT2D eigenvalue weighted by Gasteiger charge is -2.26. The van der Waals surface area contributed by atoms with E-state index in [0.717, 1.165) is 78.4 Å². The fourth-order valence-electron chi connectivity index (χ4n) is 3.95. The van der Waals surface area contributed by atoms with Crippen molar-refractivity contribution in [1.82, 2.24) is 14.9 Å². The second-order valence-electron chi connectivity index (χ2n) is 7.43. The van der Waals surface area contributed by atoms with Gasteiger partial charge in [0.2, 0.25) is 0 Å². The zero-order chi connectivity index (χ0) is 20.2. The minimum atomic E-state index is 0.739. The first-order chi connectivity index (χ1) is 14.9. The SMILES string of the molecule is c1ccc(Nc2ccnc3nc(NCCN4CCOCC4)c4ccccc4c23)cc1. The Morgan fingerprint density at radius 1 is 0.900 bits per heavy atom. The van der Waals surface area contributed by atoms with Crippen LogP contribution in [-0.2, 0) is 4.74 Å². The van der Waals surface area contributed by atoms with Crippen LogP contribution in [0.1, 0.15) is 0 Å². The molecule has 152 valence electrons. The third-order valence-electron chi connectivity index (χ3n) is 5.48. The zero-order valence-corrected chi connectivity index (χ0v) is 16.8. The normalized spacial score (nSPS) is 14.8. The molecule has 2 aromatic carbocycles. The van der Waals surface area contributed by atoms with Gasteiger partial charge in [-0.05, 0) is 23.6 Å². The predicted octanol–water partition coefficient (Wildman–Crippen LogP) is 4.27. The summed E-state index contributed by atoms with van der Waals surface area (Å²) in [4.78, 5) is 11.9. The number of para-hydroxylation sites is 1. The van der Waals surface area contributed by atoms with Gasteiger partial charge in [-0.3, -0.25) is 4.90 Å². The van der Waals surface area contributed by atoms with Crippen molar-refractivity contribution in [3.8, 4) is 0 Å². The average molecular weight is 399 g/mol. The summed E-state index contributed by atoms with van der Waals surface area (Å²) in [6.07, 6.45) is 1.81. The maximum Gasteiger partial charge on any atom is 0.164 e. The molecule has 2 aromatic heterocycles. The van der Waals surface area contributed by atoms with Gasteiger partial charge in [0, 0.05) is 43.4 Å². The number of fused-ring (bicyclic) bond motifs is 3. The van der Waals surface area contributed by atoms with E-state index in [0.29, 0.717) is 0 Å². The van der Waals surface area contributed by atoms with Crippen LogP contribution in [0.25, 0.3) is 21.8 Å². The molecule has 3 heterocycles. The molecule has 0 amide bonds. The quantitative estimate of drug-likeness (QED) is 0.472. The van der Waals surface area contributed by atoms with Gasteiger partial charge in [-0.25, -0.2) is 9.97 Å². The van der Waals surface area contributed by atoms with Crippen LogP contribution in [0.4, 0.5) is 17.2 Å². The van der Waals surface area contributed by atoms with Crippen molar-refractivity contribution in [2.45, 2.75) is 0 Å². The molecule has 0 bridgehead atoms. The number of ether oxygens (including phenoxy) is 1. The van der Waals surface area contributed by atoms with Crippen molar-refractivity contribution in [3.63, 3.8) is 0 Å². The summed E-state index contributed by atoms with van der Waals surface area (Å²) in [6, 6.07) is 20.6. The van der Waals surface area contributed by atoms with Crippen molar-refractivity contribution < 1.29 is 4.74 Å². The summed E-state index contributed by atoms with van der Waals surface area (Å²) >= 11 is 0. The lowest BCUT2D eigenvalue weighted by Crippen LogP contribution is -2.39. The molecule has 0 atom stereocenters. The van der Waals surface area contributed by atoms with Crippen LogP contribution < -0.4 is 10.6 Å². The molecule has 0 unspecified atom stereocenters. The largest absolute Gasteiger partial charge is 0.379 e. The highest BCUT2D eigenvalue weighted by atomic mass is 16.5. The maximum absolute atomic E-state index is 5.44. The lowest BCUT2D eigenvalue weighted by atomic mass is 10.1. The number of nitrogens with zero attached hydrogens (tertiary/aromatic N) is 3. The topological polar surface area (TPSA) is 62.3 Å². The van der Waals surface area contributed by atoms with E-state index in [1.165, 1.54) is 0 Å². The van der Waals surface area contributed by atoms with Gasteiger partial charge in [0.15, 0.2) is 5.65 Å². The van der Waals surface area contributed by atoms with Crippen molar-refractivity contribution in [2.24, 2.45) is 0 Å². The van der Waals surface area contributed by atoms with Crippen LogP contribution >= 0.6 is 0 Å². The summed E-state index contributed by atoms with van der Waals surface area (Å²) in [5.41, 5.74) is 2.79. The van der Waals surface area contributed by atoms with Crippen LogP contribution in [0.15, 0.2) is 66.9 Å². The Bertz CT molecular complexity index is 1140. The van der Waals surface area contributed by atoms with Crippen molar-refractivity contribution >= 4 is 39.0 Å². The Balaban J connectivity index is 1.48. The zero-order valence-electron chi connectivity index (χ0n) is 16.8. The van der Waals surface area contributed by atoms with Gasteiger partial charge in [0.05, 0.1) is 24.3 Å². The van der Waals surface area contributed by atoms with Gasteiger partial charge in [0.25, 0.3) is 0 Å². The molecule has 1 aliphatic rings. The first kappa shape index (κ1) is 18.8. The number of rotatable bonds is 6. The molecule has 0 radical (unpaired) electrons. The summed E-state index contributed by atoms with van der Waals surface area (Å²) in [7, 11) is 0. The highest BCUT2D eigenvalue weighted by molar-refractivity contribution is 6.14. The molecule has 2 N–H and O–H groups in total. The Morgan fingerprint density at radius 3 is 2.50 bits per heavy atom. The summed E-state index contributed by atoms with van der Waals surface area (Å²) in [6.45, 7) is 5.43. The smallest absolute Gasteiger partial charge is 0.164 e. The van der Waals surface area contributed by atoms with E-state index in [9.17, 15) is 0 Å². The van der Waals surface area contributed by atoms with Gasteiger partial charge in [-0.2, -0.15) is 0 Å². The number of aromatic nitrogens is 2. The molecule has 1 aliphatic heterocycles. The van der Waals surface area contributed by atoms with E-state index < -0.39 is 0 Å². The third-order valence-corrected chi connectivity index (χ3v) is 5.48. The van der Waals surface area contributed by atoms with Crippen LogP contribution in [0.5, 0.6) is 0 Å². The molecule has 1 saturated heterocycles. The summed E-state index contributed by atoms with van der Waals surface area (Å²) in [5, 5.41) is 10.4. The van der Waals surface area contributed by atoms with Gasteiger partial charge < -0.3 is 15.4 Å². The molecular weight excluding hydrogens is 374 g/mol. The molecule has 0 saturated carbocycles. The molecule has 6 heteroatoms. The minimum absolute atomic E-state index is 0.739. The maximum atomic E-state index is 5.44. The van der Waals surface area contributed by atoms with Crippen LogP contribution in [0.3, 0.4) is 0 Å². The standard InChI is InChI=1S/C24H25N5O/c1-2-6-18(7-3-1)27-21-10-11-25-24-22(21)19-8-4-5-9-20(19)23(28-24)26-12-13-29-14-16-30-17-15-29/h1-11H,12-17H2,(H2,25,26,27,28). The minimum Gasteiger partial charge on any atom is -0.379 e. The van der Waals surface area contributed by atoms with Gasteiger partial charge >= 0.3 is 0 Å². The first-order valence-corrected chi connectivity index (χ1v) is 10.4. The van der Waals surface area contributed by atoms with E-state index >= 15 is 0 Å². The van der Waals surface area contributed by atoms with Crippen molar-refractivity contribution in [1.29, 1.82) is 0 Å². The fraction of sp³-hybridized carbons (Fsp3) is 0.250. The number of hydrogen-bond donors (Lipinski definition) is 2. The molecule has 6 nitrogen and oxygen atoms in total. The number of benzene rings is 2. The number of morpholine rings is 1. The number of pyridine rings is 2. The molecule has 5 rings (SSSR count). The Labute approximate surface area is 175 Å². The van der Waals surface area contributed by atoms with E-state index in [4.69, 9.17) is 9.72 Å². The predicted molar refractivity (Wildman–Crippen MR) is 123 cm³/mol. The molecule has 0 spiro atoms. The van der Waals surface area contributed by atoms with E-state index in [1.807, 2.05) is 30.5 Å². The number of nitrogens with one attached hydrogen (secondary N) is 2. The van der Waals surface area contributed by atoms with E-state index in [1.54, 1.807) is 0 Å². The molecule has 30 heavy (non-hydrogen) atoms.